The number of ether oxygens (including phenoxy) is 1. The van der Waals surface area contributed by atoms with E-state index in [1.807, 2.05) is 39.0 Å². The molecule has 0 bridgehead atoms. The van der Waals surface area contributed by atoms with Crippen molar-refractivity contribution in [2.24, 2.45) is 21.7 Å². The topological polar surface area (TPSA) is 69.7 Å². The molecular formula is C26H29ClN2O3. The molecule has 0 aromatic heterocycles. The molecule has 1 unspecified atom stereocenters. The van der Waals surface area contributed by atoms with Crippen LogP contribution in [0.2, 0.25) is 0 Å². The molecule has 1 aromatic carbocycles. The van der Waals surface area contributed by atoms with Gasteiger partial charge in [0.05, 0.1) is 22.2 Å². The van der Waals surface area contributed by atoms with E-state index < -0.39 is 50.4 Å². The highest BCUT2D eigenvalue weighted by atomic mass is 35.5. The third-order valence-electron chi connectivity index (χ3n) is 9.92. The van der Waals surface area contributed by atoms with Crippen molar-refractivity contribution < 1.29 is 14.9 Å². The number of fused-ring (bicyclic) bond motifs is 2. The molecule has 8 atom stereocenters. The third-order valence-corrected chi connectivity index (χ3v) is 10.6. The molecule has 2 heterocycles. The molecule has 2 saturated carbocycles. The fraction of sp³-hybridized carbons (Fsp3) is 0.615. The average Bonchev–Trinajstić information content (AvgIpc) is 3.49. The minimum absolute atomic E-state index is 0.364. The Morgan fingerprint density at radius 1 is 1.19 bits per heavy atom. The smallest absolute Gasteiger partial charge is 0.302 e. The summed E-state index contributed by atoms with van der Waals surface area (Å²) in [5, 5.41) is 25.5. The minimum atomic E-state index is -1.87. The van der Waals surface area contributed by atoms with Crippen LogP contribution >= 0.6 is 11.6 Å². The Bertz CT molecular complexity index is 1180. The summed E-state index contributed by atoms with van der Waals surface area (Å²) in [6, 6.07) is 5.87. The van der Waals surface area contributed by atoms with Gasteiger partial charge in [-0.2, -0.15) is 0 Å². The van der Waals surface area contributed by atoms with Gasteiger partial charge in [0.1, 0.15) is 6.10 Å². The zero-order valence-electron chi connectivity index (χ0n) is 19.1. The first kappa shape index (κ1) is 20.9. The quantitative estimate of drug-likeness (QED) is 0.289. The number of nitrogens with zero attached hydrogens (tertiary/aromatic N) is 2. The number of halogens is 1. The predicted molar refractivity (Wildman–Crippen MR) is 123 cm³/mol. The van der Waals surface area contributed by atoms with E-state index in [-0.39, 0.29) is 6.10 Å². The van der Waals surface area contributed by atoms with Crippen molar-refractivity contribution in [3.05, 3.63) is 53.4 Å². The zero-order chi connectivity index (χ0) is 23.3. The predicted octanol–water partition coefficient (Wildman–Crippen LogP) is 4.27. The van der Waals surface area contributed by atoms with Crippen molar-refractivity contribution in [2.45, 2.75) is 80.8 Å². The molecule has 3 aliphatic carbocycles. The average molecular weight is 453 g/mol. The Labute approximate surface area is 194 Å². The lowest BCUT2D eigenvalue weighted by Crippen LogP contribution is -2.83. The molecule has 0 amide bonds. The summed E-state index contributed by atoms with van der Waals surface area (Å²) in [7, 11) is 0. The van der Waals surface area contributed by atoms with E-state index in [1.165, 1.54) is 0 Å². The van der Waals surface area contributed by atoms with Gasteiger partial charge in [0, 0.05) is 16.9 Å². The maximum absolute atomic E-state index is 13.1. The normalized spacial score (nSPS) is 50.3. The van der Waals surface area contributed by atoms with Crippen LogP contribution in [0.3, 0.4) is 0 Å². The van der Waals surface area contributed by atoms with Crippen molar-refractivity contribution in [2.75, 3.05) is 0 Å². The molecule has 3 fully saturated rings. The summed E-state index contributed by atoms with van der Waals surface area (Å²) < 4.78 is 6.26. The van der Waals surface area contributed by atoms with E-state index in [0.717, 1.165) is 5.56 Å². The fourth-order valence-corrected chi connectivity index (χ4v) is 8.54. The van der Waals surface area contributed by atoms with Crippen molar-refractivity contribution in [1.29, 1.82) is 0 Å². The van der Waals surface area contributed by atoms with Crippen LogP contribution in [0.1, 0.15) is 52.2 Å². The number of alkyl halides is 1. The Hall–Kier alpha value is -1.71. The summed E-state index contributed by atoms with van der Waals surface area (Å²) in [4.78, 5) is 9.17. The molecule has 2 aliphatic heterocycles. The number of aliphatic imine (C=N–C) groups is 1. The van der Waals surface area contributed by atoms with Crippen molar-refractivity contribution in [3.63, 3.8) is 0 Å². The number of rotatable bonds is 1. The van der Waals surface area contributed by atoms with Crippen molar-refractivity contribution >= 4 is 23.0 Å². The molecule has 32 heavy (non-hydrogen) atoms. The van der Waals surface area contributed by atoms with E-state index >= 15 is 0 Å². The Morgan fingerprint density at radius 2 is 1.88 bits per heavy atom. The SMILES string of the molecule is [C-]#[N+]C12[C@H]3O[C@H]3C(C)(C)C3=Nc4cccc5c4[C@]3(O)[C@]1(O)[C@H](C[C@@H](Cl)[C@]2(C)C=C)C5(C)C. The van der Waals surface area contributed by atoms with Gasteiger partial charge in [-0.05, 0) is 30.4 Å². The first-order chi connectivity index (χ1) is 14.8. The van der Waals surface area contributed by atoms with Gasteiger partial charge in [0.15, 0.2) is 17.3 Å². The number of hydrogen-bond acceptors (Lipinski definition) is 4. The van der Waals surface area contributed by atoms with Gasteiger partial charge in [0.2, 0.25) is 0 Å². The van der Waals surface area contributed by atoms with E-state index in [2.05, 4.69) is 25.3 Å². The van der Waals surface area contributed by atoms with Crippen LogP contribution in [-0.4, -0.2) is 44.6 Å². The molecular weight excluding hydrogens is 424 g/mol. The lowest BCUT2D eigenvalue weighted by atomic mass is 9.39. The second kappa shape index (κ2) is 5.33. The van der Waals surface area contributed by atoms with Crippen LogP contribution in [0.5, 0.6) is 0 Å². The second-order valence-corrected chi connectivity index (χ2v) is 12.2. The maximum Gasteiger partial charge on any atom is 0.302 e. The molecule has 5 nitrogen and oxygen atoms in total. The van der Waals surface area contributed by atoms with Crippen LogP contribution < -0.4 is 0 Å². The van der Waals surface area contributed by atoms with Gasteiger partial charge in [-0.3, -0.25) is 4.99 Å². The highest BCUT2D eigenvalue weighted by Crippen LogP contribution is 2.76. The molecule has 1 aromatic rings. The van der Waals surface area contributed by atoms with Crippen molar-refractivity contribution in [1.82, 2.24) is 0 Å². The van der Waals surface area contributed by atoms with Gasteiger partial charge in [0.25, 0.3) is 0 Å². The summed E-state index contributed by atoms with van der Waals surface area (Å²) in [5.41, 5.74) is -4.68. The van der Waals surface area contributed by atoms with E-state index in [9.17, 15) is 10.2 Å². The number of epoxide rings is 1. The van der Waals surface area contributed by atoms with Crippen molar-refractivity contribution in [3.8, 4) is 0 Å². The third kappa shape index (κ3) is 1.64. The van der Waals surface area contributed by atoms with Gasteiger partial charge >= 0.3 is 5.54 Å². The molecule has 6 rings (SSSR count). The highest BCUT2D eigenvalue weighted by Gasteiger charge is 2.93. The van der Waals surface area contributed by atoms with Crippen LogP contribution in [0, 0.1) is 23.3 Å². The summed E-state index contributed by atoms with van der Waals surface area (Å²) in [5.74, 6) is -0.491. The van der Waals surface area contributed by atoms with Gasteiger partial charge < -0.3 is 19.8 Å². The number of benzene rings is 1. The van der Waals surface area contributed by atoms with E-state index in [1.54, 1.807) is 6.08 Å². The lowest BCUT2D eigenvalue weighted by molar-refractivity contribution is -0.243. The fourth-order valence-electron chi connectivity index (χ4n) is 8.11. The number of aliphatic hydroxyl groups is 2. The first-order valence-corrected chi connectivity index (χ1v) is 11.8. The largest absolute Gasteiger partial charge is 0.378 e. The van der Waals surface area contributed by atoms with E-state index in [4.69, 9.17) is 27.9 Å². The Balaban J connectivity index is 1.85. The molecule has 0 radical (unpaired) electrons. The molecule has 0 spiro atoms. The van der Waals surface area contributed by atoms with Gasteiger partial charge in [-0.25, -0.2) is 6.57 Å². The first-order valence-electron chi connectivity index (χ1n) is 11.3. The Morgan fingerprint density at radius 3 is 2.50 bits per heavy atom. The molecule has 1 saturated heterocycles. The van der Waals surface area contributed by atoms with Crippen LogP contribution in [-0.2, 0) is 15.8 Å². The standard InChI is InChI=1S/C26H29ClN2O3/c1-8-23(6)16(27)12-15-21(2,3)13-10-9-11-14-17(13)24(30)20(29-14)22(4,5)18-19(32-18)25(23,28-7)26(15,24)31/h8-11,15-16,18-19,30-31H,1,12H2,2-6H3/t15-,16-,18-,19+,23+,24-,25?,26-/m1/s1. The van der Waals surface area contributed by atoms with E-state index in [0.29, 0.717) is 23.4 Å². The maximum atomic E-state index is 13.1. The zero-order valence-corrected chi connectivity index (χ0v) is 19.9. The number of hydrogen-bond donors (Lipinski definition) is 2. The molecule has 6 heteroatoms. The lowest BCUT2D eigenvalue weighted by Gasteiger charge is -2.65. The molecule has 2 N–H and O–H groups in total. The monoisotopic (exact) mass is 452 g/mol. The van der Waals surface area contributed by atoms with Crippen LogP contribution in [0.15, 0.2) is 35.8 Å². The van der Waals surface area contributed by atoms with Gasteiger partial charge in [-0.15, -0.1) is 18.2 Å². The second-order valence-electron chi connectivity index (χ2n) is 11.7. The molecule has 5 aliphatic rings. The Kier molecular flexibility index (Phi) is 3.48. The highest BCUT2D eigenvalue weighted by molar-refractivity contribution is 6.21. The van der Waals surface area contributed by atoms with Crippen LogP contribution in [0.25, 0.3) is 4.85 Å². The molecule has 168 valence electrons. The summed E-state index contributed by atoms with van der Waals surface area (Å²) in [6.07, 6.45) is 1.19. The van der Waals surface area contributed by atoms with Crippen LogP contribution in [0.4, 0.5) is 5.69 Å². The summed E-state index contributed by atoms with van der Waals surface area (Å²) >= 11 is 7.08. The summed E-state index contributed by atoms with van der Waals surface area (Å²) in [6.45, 7) is 22.7. The minimum Gasteiger partial charge on any atom is -0.378 e. The van der Waals surface area contributed by atoms with Gasteiger partial charge in [-0.1, -0.05) is 45.9 Å².